The smallest absolute Gasteiger partial charge is 0.248 e. The number of pyridine rings is 1. The summed E-state index contributed by atoms with van der Waals surface area (Å²) in [5, 5.41) is 7.64. The summed E-state index contributed by atoms with van der Waals surface area (Å²) < 4.78 is 1.98. The van der Waals surface area contributed by atoms with E-state index in [2.05, 4.69) is 61.4 Å². The highest BCUT2D eigenvalue weighted by Gasteiger charge is 2.19. The third-order valence-corrected chi connectivity index (χ3v) is 7.38. The lowest BCUT2D eigenvalue weighted by Crippen LogP contribution is -2.45. The summed E-state index contributed by atoms with van der Waals surface area (Å²) in [6.07, 6.45) is 5.44. The fourth-order valence-electron chi connectivity index (χ4n) is 4.86. The Kier molecular flexibility index (Phi) is 10.1. The molecule has 0 aliphatic rings. The van der Waals surface area contributed by atoms with Crippen molar-refractivity contribution < 1.29 is 14.4 Å². The number of nitrogens with zero attached hydrogens (tertiary/aromatic N) is 3. The Morgan fingerprint density at radius 2 is 1.60 bits per heavy atom. The minimum Gasteiger partial charge on any atom is -0.368 e. The van der Waals surface area contributed by atoms with Gasteiger partial charge in [-0.1, -0.05) is 57.5 Å². The summed E-state index contributed by atoms with van der Waals surface area (Å²) in [6, 6.07) is 22.1. The fraction of sp³-hybridized carbons (Fsp3) is 0.324. The van der Waals surface area contributed by atoms with Gasteiger partial charge in [-0.3, -0.25) is 19.4 Å². The van der Waals surface area contributed by atoms with Crippen LogP contribution in [0.1, 0.15) is 73.6 Å². The van der Waals surface area contributed by atoms with Gasteiger partial charge in [0.15, 0.2) is 0 Å². The lowest BCUT2D eigenvalue weighted by molar-refractivity contribution is -0.127. The van der Waals surface area contributed by atoms with Gasteiger partial charge < -0.3 is 16.8 Å². The van der Waals surface area contributed by atoms with Crippen LogP contribution in [0.3, 0.4) is 0 Å². The lowest BCUT2D eigenvalue weighted by atomic mass is 9.87. The first-order chi connectivity index (χ1) is 20.5. The molecule has 1 atom stereocenters. The zero-order valence-electron chi connectivity index (χ0n) is 25.0. The number of rotatable bonds is 13. The SMILES string of the molecule is CC(C)(C)c1ccc(-n2nc(-c3ccccn3)cc2CCCCCC(=O)N[C@@H](Cc2ccc(C(N)=O)cc2)C(N)=O)cc1. The van der Waals surface area contributed by atoms with Crippen LogP contribution >= 0.6 is 0 Å². The molecule has 2 aromatic carbocycles. The Morgan fingerprint density at radius 1 is 0.884 bits per heavy atom. The van der Waals surface area contributed by atoms with Crippen molar-refractivity contribution >= 4 is 17.7 Å². The normalized spacial score (nSPS) is 12.1. The Morgan fingerprint density at radius 3 is 2.21 bits per heavy atom. The molecule has 224 valence electrons. The van der Waals surface area contributed by atoms with Crippen molar-refractivity contribution in [2.45, 2.75) is 70.8 Å². The highest BCUT2D eigenvalue weighted by molar-refractivity contribution is 5.92. The Balaban J connectivity index is 1.34. The molecule has 3 amide bonds. The van der Waals surface area contributed by atoms with Crippen molar-refractivity contribution in [1.29, 1.82) is 0 Å². The molecule has 5 N–H and O–H groups in total. The van der Waals surface area contributed by atoms with Crippen LogP contribution in [0.25, 0.3) is 17.1 Å². The van der Waals surface area contributed by atoms with E-state index in [1.165, 1.54) is 5.56 Å². The van der Waals surface area contributed by atoms with Crippen molar-refractivity contribution in [3.63, 3.8) is 0 Å². The van der Waals surface area contributed by atoms with Crippen LogP contribution in [-0.2, 0) is 27.8 Å². The summed E-state index contributed by atoms with van der Waals surface area (Å²) >= 11 is 0. The number of carbonyl (C=O) groups excluding carboxylic acids is 3. The molecule has 4 aromatic rings. The number of benzene rings is 2. The molecule has 2 aromatic heterocycles. The molecule has 0 radical (unpaired) electrons. The summed E-state index contributed by atoms with van der Waals surface area (Å²) in [5.41, 5.74) is 17.0. The molecule has 2 heterocycles. The number of hydrogen-bond acceptors (Lipinski definition) is 5. The first-order valence-electron chi connectivity index (χ1n) is 14.6. The van der Waals surface area contributed by atoms with Gasteiger partial charge in [-0.15, -0.1) is 0 Å². The molecule has 0 unspecified atom stereocenters. The van der Waals surface area contributed by atoms with Crippen molar-refractivity contribution in [2.75, 3.05) is 0 Å². The second kappa shape index (κ2) is 13.9. The summed E-state index contributed by atoms with van der Waals surface area (Å²) in [6.45, 7) is 6.58. The average molecular weight is 581 g/mol. The Hall–Kier alpha value is -4.79. The van der Waals surface area contributed by atoms with Crippen LogP contribution in [0.5, 0.6) is 0 Å². The van der Waals surface area contributed by atoms with Crippen LogP contribution in [0, 0.1) is 0 Å². The monoisotopic (exact) mass is 580 g/mol. The van der Waals surface area contributed by atoms with Gasteiger partial charge in [0.25, 0.3) is 0 Å². The molecular formula is C34H40N6O3. The first kappa shape index (κ1) is 31.2. The zero-order valence-corrected chi connectivity index (χ0v) is 25.0. The second-order valence-electron chi connectivity index (χ2n) is 11.8. The van der Waals surface area contributed by atoms with Gasteiger partial charge in [0.1, 0.15) is 11.7 Å². The maximum absolute atomic E-state index is 12.6. The predicted molar refractivity (Wildman–Crippen MR) is 167 cm³/mol. The van der Waals surface area contributed by atoms with Crippen LogP contribution in [0.2, 0.25) is 0 Å². The molecule has 0 aliphatic heterocycles. The number of aryl methyl sites for hydroxylation is 1. The first-order valence-corrected chi connectivity index (χ1v) is 14.6. The maximum atomic E-state index is 12.6. The molecule has 43 heavy (non-hydrogen) atoms. The lowest BCUT2D eigenvalue weighted by Gasteiger charge is -2.19. The number of amides is 3. The van der Waals surface area contributed by atoms with Crippen molar-refractivity contribution in [3.05, 3.63) is 101 Å². The van der Waals surface area contributed by atoms with Crippen molar-refractivity contribution in [2.24, 2.45) is 11.5 Å². The van der Waals surface area contributed by atoms with E-state index in [9.17, 15) is 14.4 Å². The van der Waals surface area contributed by atoms with E-state index >= 15 is 0 Å². The highest BCUT2D eigenvalue weighted by atomic mass is 16.2. The largest absolute Gasteiger partial charge is 0.368 e. The number of hydrogen-bond donors (Lipinski definition) is 3. The topological polar surface area (TPSA) is 146 Å². The van der Waals surface area contributed by atoms with Crippen molar-refractivity contribution in [1.82, 2.24) is 20.1 Å². The van der Waals surface area contributed by atoms with Gasteiger partial charge in [0.2, 0.25) is 17.7 Å². The fourth-order valence-corrected chi connectivity index (χ4v) is 4.86. The van der Waals surface area contributed by atoms with E-state index in [0.717, 1.165) is 47.6 Å². The molecule has 0 saturated heterocycles. The van der Waals surface area contributed by atoms with E-state index < -0.39 is 17.9 Å². The number of aromatic nitrogens is 3. The molecule has 4 rings (SSSR count). The van der Waals surface area contributed by atoms with Gasteiger partial charge in [0, 0.05) is 30.3 Å². The van der Waals surface area contributed by atoms with Crippen LogP contribution < -0.4 is 16.8 Å². The predicted octanol–water partition coefficient (Wildman–Crippen LogP) is 4.65. The molecule has 0 bridgehead atoms. The van der Waals surface area contributed by atoms with E-state index in [1.807, 2.05) is 22.9 Å². The second-order valence-corrected chi connectivity index (χ2v) is 11.8. The minimum atomic E-state index is -0.837. The zero-order chi connectivity index (χ0) is 31.0. The number of primary amides is 2. The quantitative estimate of drug-likeness (QED) is 0.197. The molecule has 0 spiro atoms. The molecular weight excluding hydrogens is 540 g/mol. The third kappa shape index (κ3) is 8.61. The summed E-state index contributed by atoms with van der Waals surface area (Å²) in [7, 11) is 0. The summed E-state index contributed by atoms with van der Waals surface area (Å²) in [5.74, 6) is -1.36. The number of carbonyl (C=O) groups is 3. The molecule has 9 nitrogen and oxygen atoms in total. The van der Waals surface area contributed by atoms with Crippen LogP contribution in [0.4, 0.5) is 0 Å². The van der Waals surface area contributed by atoms with Gasteiger partial charge in [-0.25, -0.2) is 4.68 Å². The maximum Gasteiger partial charge on any atom is 0.248 e. The number of nitrogens with one attached hydrogen (secondary N) is 1. The molecule has 0 fully saturated rings. The van der Waals surface area contributed by atoms with E-state index in [1.54, 1.807) is 30.5 Å². The molecule has 0 aliphatic carbocycles. The van der Waals surface area contributed by atoms with Gasteiger partial charge in [-0.2, -0.15) is 5.10 Å². The number of unbranched alkanes of at least 4 members (excludes halogenated alkanes) is 2. The minimum absolute atomic E-state index is 0.0616. The van der Waals surface area contributed by atoms with E-state index in [4.69, 9.17) is 16.6 Å². The number of nitrogens with two attached hydrogens (primary N) is 2. The van der Waals surface area contributed by atoms with E-state index in [-0.39, 0.29) is 24.2 Å². The van der Waals surface area contributed by atoms with Crippen molar-refractivity contribution in [3.8, 4) is 17.1 Å². The van der Waals surface area contributed by atoms with Crippen LogP contribution in [0.15, 0.2) is 79.0 Å². The molecule has 0 saturated carbocycles. The van der Waals surface area contributed by atoms with Gasteiger partial charge in [-0.05, 0) is 78.3 Å². The summed E-state index contributed by atoms with van der Waals surface area (Å²) in [4.78, 5) is 40.4. The standard InChI is InChI=1S/C34H40N6O3/c1-34(2,3)25-16-18-26(19-17-25)40-27(22-29(39-40)28-10-7-8-20-37-28)9-5-4-6-11-31(41)38-30(33(36)43)21-23-12-14-24(15-13-23)32(35)42/h7-8,10,12-20,22,30H,4-6,9,11,21H2,1-3H3,(H2,35,42)(H2,36,43)(H,38,41)/t30-/m0/s1. The Labute approximate surface area is 252 Å². The van der Waals surface area contributed by atoms with Crippen LogP contribution in [-0.4, -0.2) is 38.5 Å². The third-order valence-electron chi connectivity index (χ3n) is 7.38. The van der Waals surface area contributed by atoms with E-state index in [0.29, 0.717) is 12.0 Å². The highest BCUT2D eigenvalue weighted by Crippen LogP contribution is 2.26. The Bertz CT molecular complexity index is 1540. The van der Waals surface area contributed by atoms with Gasteiger partial charge in [0.05, 0.1) is 11.4 Å². The molecule has 9 heteroatoms. The van der Waals surface area contributed by atoms with Gasteiger partial charge >= 0.3 is 0 Å². The average Bonchev–Trinajstić information content (AvgIpc) is 3.41.